The number of allylic oxidation sites excluding steroid dienone is 1. The molecule has 0 aromatic heterocycles. The van der Waals surface area contributed by atoms with Gasteiger partial charge in [0.25, 0.3) is 0 Å². The van der Waals surface area contributed by atoms with Crippen molar-refractivity contribution in [3.63, 3.8) is 0 Å². The Bertz CT molecular complexity index is 1450. The van der Waals surface area contributed by atoms with Crippen LogP contribution in [0.5, 0.6) is 5.75 Å². The van der Waals surface area contributed by atoms with Crippen LogP contribution in [0.1, 0.15) is 37.9 Å². The average molecular weight is 521 g/mol. The third-order valence-electron chi connectivity index (χ3n) is 7.99. The predicted molar refractivity (Wildman–Crippen MR) is 138 cm³/mol. The molecule has 0 saturated carbocycles. The van der Waals surface area contributed by atoms with Crippen LogP contribution in [0.15, 0.2) is 70.5 Å². The van der Waals surface area contributed by atoms with Gasteiger partial charge in [-0.3, -0.25) is 19.6 Å². The molecular weight excluding hydrogens is 495 g/mol. The van der Waals surface area contributed by atoms with Crippen LogP contribution in [0.3, 0.4) is 0 Å². The van der Waals surface area contributed by atoms with E-state index in [1.807, 2.05) is 26.0 Å². The molecule has 2 aromatic carbocycles. The summed E-state index contributed by atoms with van der Waals surface area (Å²) in [6, 6.07) is 10.3. The van der Waals surface area contributed by atoms with Crippen LogP contribution in [0.2, 0.25) is 5.02 Å². The number of methoxy groups -OCH3 is 1. The van der Waals surface area contributed by atoms with Gasteiger partial charge in [0, 0.05) is 16.6 Å². The zero-order valence-electron chi connectivity index (χ0n) is 20.9. The molecular formula is C28H26ClFN4O3. The number of amides is 3. The Morgan fingerprint density at radius 2 is 1.92 bits per heavy atom. The minimum Gasteiger partial charge on any atom is -0.496 e. The number of hydrogen-bond acceptors (Lipinski definition) is 4. The van der Waals surface area contributed by atoms with Crippen LogP contribution in [-0.4, -0.2) is 47.3 Å². The number of carbonyl (C=O) groups excluding carboxylic acids is 2. The van der Waals surface area contributed by atoms with Crippen molar-refractivity contribution in [2.24, 2.45) is 16.3 Å². The third kappa shape index (κ3) is 3.35. The molecule has 1 N–H and O–H groups in total. The number of rotatable bonds is 3. The molecule has 1 fully saturated rings. The summed E-state index contributed by atoms with van der Waals surface area (Å²) in [6.45, 7) is 6.04. The Hall–Kier alpha value is -3.65. The summed E-state index contributed by atoms with van der Waals surface area (Å²) in [7, 11) is 1.50. The van der Waals surface area contributed by atoms with Crippen LogP contribution in [0, 0.1) is 17.2 Å². The highest BCUT2D eigenvalue weighted by molar-refractivity contribution is 6.30. The molecule has 0 spiro atoms. The first-order valence-electron chi connectivity index (χ1n) is 12.2. The maximum absolute atomic E-state index is 14.5. The number of hydrogen-bond donors (Lipinski definition) is 1. The second-order valence-corrected chi connectivity index (χ2v) is 10.6. The molecule has 9 heteroatoms. The zero-order valence-corrected chi connectivity index (χ0v) is 21.6. The van der Waals surface area contributed by atoms with Crippen molar-refractivity contribution < 1.29 is 18.7 Å². The monoisotopic (exact) mass is 520 g/mol. The van der Waals surface area contributed by atoms with Gasteiger partial charge in [0.1, 0.15) is 23.9 Å². The van der Waals surface area contributed by atoms with E-state index in [1.54, 1.807) is 21.9 Å². The Kier molecular flexibility index (Phi) is 5.25. The van der Waals surface area contributed by atoms with E-state index in [9.17, 15) is 14.0 Å². The molecule has 190 valence electrons. The van der Waals surface area contributed by atoms with Gasteiger partial charge >= 0.3 is 6.03 Å². The fourth-order valence-electron chi connectivity index (χ4n) is 6.24. The molecule has 4 atom stereocenters. The minimum absolute atomic E-state index is 0.0479. The maximum atomic E-state index is 14.5. The standard InChI is InChI=1S/C28H26ClFN4O3/c1-14-12-28(3)24-22(15(14)2)31-21(35)13-33(24)27(36)34-25(28)23(16-5-7-17(29)8-6-16)32-26(34)19-11-18(30)9-10-20(19)37-4/h5-12,15,23,25H,13H2,1-4H3,(H,31,35). The van der Waals surface area contributed by atoms with Crippen LogP contribution < -0.4 is 10.1 Å². The van der Waals surface area contributed by atoms with E-state index in [1.165, 1.54) is 25.3 Å². The number of aliphatic imine (C=N–C) groups is 1. The molecule has 4 unspecified atom stereocenters. The van der Waals surface area contributed by atoms with E-state index in [0.717, 1.165) is 22.5 Å². The summed E-state index contributed by atoms with van der Waals surface area (Å²) in [4.78, 5) is 35.2. The van der Waals surface area contributed by atoms with Gasteiger partial charge in [-0.25, -0.2) is 9.18 Å². The fourth-order valence-corrected chi connectivity index (χ4v) is 6.36. The Balaban J connectivity index is 1.63. The van der Waals surface area contributed by atoms with E-state index < -0.39 is 23.3 Å². The Morgan fingerprint density at radius 3 is 2.62 bits per heavy atom. The van der Waals surface area contributed by atoms with E-state index in [-0.39, 0.29) is 24.4 Å². The first-order chi connectivity index (χ1) is 17.6. The van der Waals surface area contributed by atoms with E-state index in [0.29, 0.717) is 22.2 Å². The third-order valence-corrected chi connectivity index (χ3v) is 8.24. The highest BCUT2D eigenvalue weighted by Crippen LogP contribution is 2.56. The van der Waals surface area contributed by atoms with Gasteiger partial charge in [0.2, 0.25) is 5.91 Å². The summed E-state index contributed by atoms with van der Waals surface area (Å²) < 4.78 is 20.1. The van der Waals surface area contributed by atoms with Crippen molar-refractivity contribution in [1.82, 2.24) is 15.1 Å². The average Bonchev–Trinajstić information content (AvgIpc) is 3.28. The molecule has 3 amide bonds. The topological polar surface area (TPSA) is 74.2 Å². The van der Waals surface area contributed by atoms with Gasteiger partial charge in [-0.1, -0.05) is 42.3 Å². The van der Waals surface area contributed by atoms with Crippen LogP contribution >= 0.6 is 11.6 Å². The number of carbonyl (C=O) groups is 2. The zero-order chi connectivity index (χ0) is 26.2. The number of urea groups is 1. The lowest BCUT2D eigenvalue weighted by Gasteiger charge is -2.55. The first-order valence-corrected chi connectivity index (χ1v) is 12.5. The summed E-state index contributed by atoms with van der Waals surface area (Å²) in [5, 5.41) is 3.64. The molecule has 6 rings (SSSR count). The molecule has 2 aromatic rings. The van der Waals surface area contributed by atoms with Crippen molar-refractivity contribution in [3.8, 4) is 5.75 Å². The lowest BCUT2D eigenvalue weighted by molar-refractivity contribution is -0.122. The van der Waals surface area contributed by atoms with Crippen LogP contribution in [-0.2, 0) is 4.79 Å². The second kappa shape index (κ2) is 8.18. The number of amidine groups is 1. The molecule has 37 heavy (non-hydrogen) atoms. The van der Waals surface area contributed by atoms with Gasteiger partial charge in [0.15, 0.2) is 0 Å². The minimum atomic E-state index is -0.691. The number of benzene rings is 2. The van der Waals surface area contributed by atoms with Gasteiger partial charge in [0.05, 0.1) is 35.9 Å². The molecule has 1 aliphatic carbocycles. The number of halogens is 2. The normalized spacial score (nSPS) is 28.4. The van der Waals surface area contributed by atoms with Crippen molar-refractivity contribution >= 4 is 29.4 Å². The number of nitrogens with one attached hydrogen (secondary N) is 1. The lowest BCUT2D eigenvalue weighted by atomic mass is 9.66. The fraction of sp³-hybridized carbons (Fsp3) is 0.321. The SMILES string of the molecule is COc1ccc(F)cc1C1=NC(c2ccc(Cl)cc2)C2N1C(=O)N1CC(=O)NC3=C1C2(C)C=C(C)C3C. The van der Waals surface area contributed by atoms with Crippen molar-refractivity contribution in [2.45, 2.75) is 32.9 Å². The van der Waals surface area contributed by atoms with E-state index in [2.05, 4.69) is 18.3 Å². The van der Waals surface area contributed by atoms with Crippen molar-refractivity contribution in [3.05, 3.63) is 87.5 Å². The molecule has 0 radical (unpaired) electrons. The summed E-state index contributed by atoms with van der Waals surface area (Å²) in [6.07, 6.45) is 2.19. The van der Waals surface area contributed by atoms with Gasteiger partial charge < -0.3 is 10.1 Å². The molecule has 1 saturated heterocycles. The van der Waals surface area contributed by atoms with Crippen LogP contribution in [0.25, 0.3) is 0 Å². The highest BCUT2D eigenvalue weighted by Gasteiger charge is 2.61. The van der Waals surface area contributed by atoms with Crippen molar-refractivity contribution in [1.29, 1.82) is 0 Å². The Morgan fingerprint density at radius 1 is 1.19 bits per heavy atom. The van der Waals surface area contributed by atoms with Gasteiger partial charge in [-0.2, -0.15) is 0 Å². The molecule has 0 bridgehead atoms. The maximum Gasteiger partial charge on any atom is 0.330 e. The molecule has 4 aliphatic rings. The summed E-state index contributed by atoms with van der Waals surface area (Å²) >= 11 is 6.19. The van der Waals surface area contributed by atoms with E-state index in [4.69, 9.17) is 21.3 Å². The van der Waals surface area contributed by atoms with Gasteiger partial charge in [-0.05, 0) is 49.7 Å². The molecule has 3 aliphatic heterocycles. The summed E-state index contributed by atoms with van der Waals surface area (Å²) in [5.41, 5.74) is 3.18. The van der Waals surface area contributed by atoms with Gasteiger partial charge in [-0.15, -0.1) is 0 Å². The van der Waals surface area contributed by atoms with Crippen molar-refractivity contribution in [2.75, 3.05) is 13.7 Å². The molecule has 3 heterocycles. The lowest BCUT2D eigenvalue weighted by Crippen LogP contribution is -2.66. The largest absolute Gasteiger partial charge is 0.496 e. The first kappa shape index (κ1) is 23.7. The van der Waals surface area contributed by atoms with Crippen LogP contribution in [0.4, 0.5) is 9.18 Å². The Labute approximate surface area is 219 Å². The number of fused-ring (bicyclic) bond motifs is 2. The number of ether oxygens (including phenoxy) is 1. The second-order valence-electron chi connectivity index (χ2n) is 10.2. The van der Waals surface area contributed by atoms with E-state index >= 15 is 0 Å². The molecule has 7 nitrogen and oxygen atoms in total. The number of nitrogens with zero attached hydrogens (tertiary/aromatic N) is 3. The smallest absolute Gasteiger partial charge is 0.330 e. The predicted octanol–water partition coefficient (Wildman–Crippen LogP) is 5.04. The quantitative estimate of drug-likeness (QED) is 0.576. The summed E-state index contributed by atoms with van der Waals surface area (Å²) in [5.74, 6) is -0.0547. The highest BCUT2D eigenvalue weighted by atomic mass is 35.5.